The van der Waals surface area contributed by atoms with E-state index in [1.807, 2.05) is 4.90 Å². The van der Waals surface area contributed by atoms with E-state index in [1.165, 1.54) is 17.5 Å². The van der Waals surface area contributed by atoms with Crippen LogP contribution in [0.1, 0.15) is 42.6 Å². The Hall–Kier alpha value is -2.37. The fraction of sp³-hybridized carbons (Fsp3) is 0.526. The molecule has 6 heteroatoms. The van der Waals surface area contributed by atoms with Gasteiger partial charge in [0.05, 0.1) is 0 Å². The zero-order valence-corrected chi connectivity index (χ0v) is 14.9. The standard InChI is InChI=1S/C19H27N5O/c1-14-5-2-3-7-16(14)9-8-15-6-4-12-24(13-15)18(25)11-10-17-21-19(20)23-22-17/h2-3,5,7,15H,4,6,8-13H2,1H3,(H3,20,21,22,23)/t15-/m0/s1. The van der Waals surface area contributed by atoms with E-state index >= 15 is 0 Å². The van der Waals surface area contributed by atoms with Gasteiger partial charge >= 0.3 is 0 Å². The number of aromatic nitrogens is 3. The number of nitrogens with one attached hydrogen (secondary N) is 1. The van der Waals surface area contributed by atoms with Crippen molar-refractivity contribution in [1.82, 2.24) is 20.1 Å². The van der Waals surface area contributed by atoms with Crippen LogP contribution in [0.25, 0.3) is 0 Å². The summed E-state index contributed by atoms with van der Waals surface area (Å²) in [7, 11) is 0. The summed E-state index contributed by atoms with van der Waals surface area (Å²) in [5, 5.41) is 6.56. The summed E-state index contributed by atoms with van der Waals surface area (Å²) in [4.78, 5) is 18.6. The number of aromatic amines is 1. The summed E-state index contributed by atoms with van der Waals surface area (Å²) >= 11 is 0. The van der Waals surface area contributed by atoms with Crippen LogP contribution in [0.2, 0.25) is 0 Å². The quantitative estimate of drug-likeness (QED) is 0.845. The van der Waals surface area contributed by atoms with Gasteiger partial charge in [0.1, 0.15) is 5.82 Å². The van der Waals surface area contributed by atoms with Crippen molar-refractivity contribution >= 4 is 11.9 Å². The molecule has 1 aromatic heterocycles. The highest BCUT2D eigenvalue weighted by molar-refractivity contribution is 5.76. The molecule has 134 valence electrons. The number of benzene rings is 1. The molecule has 0 unspecified atom stereocenters. The molecule has 0 bridgehead atoms. The van der Waals surface area contributed by atoms with Gasteiger partial charge < -0.3 is 10.6 Å². The van der Waals surface area contributed by atoms with Gasteiger partial charge in [-0.25, -0.2) is 0 Å². The topological polar surface area (TPSA) is 87.9 Å². The average molecular weight is 341 g/mol. The first kappa shape index (κ1) is 17.5. The summed E-state index contributed by atoms with van der Waals surface area (Å²) < 4.78 is 0. The number of piperidine rings is 1. The molecule has 1 saturated heterocycles. The minimum Gasteiger partial charge on any atom is -0.367 e. The molecular weight excluding hydrogens is 314 g/mol. The Bertz CT molecular complexity index is 711. The number of nitrogens with two attached hydrogens (primary N) is 1. The maximum atomic E-state index is 12.5. The van der Waals surface area contributed by atoms with E-state index in [0.29, 0.717) is 24.6 Å². The van der Waals surface area contributed by atoms with Crippen LogP contribution < -0.4 is 5.73 Å². The number of H-pyrrole nitrogens is 1. The predicted octanol–water partition coefficient (Wildman–Crippen LogP) is 2.50. The van der Waals surface area contributed by atoms with Gasteiger partial charge in [-0.05, 0) is 49.7 Å². The van der Waals surface area contributed by atoms with Crippen molar-refractivity contribution in [2.75, 3.05) is 18.8 Å². The van der Waals surface area contributed by atoms with E-state index < -0.39 is 0 Å². The van der Waals surface area contributed by atoms with Crippen LogP contribution in [0, 0.1) is 12.8 Å². The number of likely N-dealkylation sites (tertiary alicyclic amines) is 1. The lowest BCUT2D eigenvalue weighted by Crippen LogP contribution is -2.40. The number of nitrogens with zero attached hydrogens (tertiary/aromatic N) is 3. The van der Waals surface area contributed by atoms with E-state index in [9.17, 15) is 4.79 Å². The van der Waals surface area contributed by atoms with Crippen LogP contribution in [-0.2, 0) is 17.6 Å². The second kappa shape index (κ2) is 8.14. The number of carbonyl (C=O) groups excluding carboxylic acids is 1. The van der Waals surface area contributed by atoms with Crippen LogP contribution in [-0.4, -0.2) is 39.1 Å². The minimum absolute atomic E-state index is 0.204. The normalized spacial score (nSPS) is 17.6. The second-order valence-electron chi connectivity index (χ2n) is 6.95. The molecule has 2 aromatic rings. The lowest BCUT2D eigenvalue weighted by atomic mass is 9.90. The first-order valence-corrected chi connectivity index (χ1v) is 9.11. The summed E-state index contributed by atoms with van der Waals surface area (Å²) in [6, 6.07) is 8.57. The fourth-order valence-electron chi connectivity index (χ4n) is 3.58. The van der Waals surface area contributed by atoms with Gasteiger partial charge in [0.25, 0.3) is 0 Å². The van der Waals surface area contributed by atoms with Crippen LogP contribution in [0.5, 0.6) is 0 Å². The zero-order chi connectivity index (χ0) is 17.6. The third-order valence-corrected chi connectivity index (χ3v) is 5.08. The highest BCUT2D eigenvalue weighted by Crippen LogP contribution is 2.23. The number of nitrogen functional groups attached to an aromatic ring is 1. The number of rotatable bonds is 6. The molecular formula is C19H27N5O. The van der Waals surface area contributed by atoms with Gasteiger partial charge in [-0.2, -0.15) is 4.98 Å². The van der Waals surface area contributed by atoms with Crippen molar-refractivity contribution < 1.29 is 4.79 Å². The predicted molar refractivity (Wildman–Crippen MR) is 97.9 cm³/mol. The molecule has 1 amide bonds. The third-order valence-electron chi connectivity index (χ3n) is 5.08. The first-order valence-electron chi connectivity index (χ1n) is 9.11. The van der Waals surface area contributed by atoms with Gasteiger partial charge in [0, 0.05) is 25.9 Å². The van der Waals surface area contributed by atoms with Crippen LogP contribution in [0.4, 0.5) is 5.95 Å². The van der Waals surface area contributed by atoms with Gasteiger partial charge in [-0.1, -0.05) is 24.3 Å². The van der Waals surface area contributed by atoms with E-state index in [-0.39, 0.29) is 11.9 Å². The molecule has 0 aliphatic carbocycles. The molecule has 1 aliphatic rings. The number of hydrogen-bond donors (Lipinski definition) is 2. The Kier molecular flexibility index (Phi) is 5.68. The summed E-state index contributed by atoms with van der Waals surface area (Å²) in [5.41, 5.74) is 8.27. The number of aryl methyl sites for hydroxylation is 3. The molecule has 6 nitrogen and oxygen atoms in total. The number of anilines is 1. The van der Waals surface area contributed by atoms with Gasteiger partial charge in [-0.15, -0.1) is 5.10 Å². The molecule has 1 aliphatic heterocycles. The van der Waals surface area contributed by atoms with Gasteiger partial charge in [0.2, 0.25) is 11.9 Å². The Morgan fingerprint density at radius 1 is 1.36 bits per heavy atom. The maximum Gasteiger partial charge on any atom is 0.239 e. The highest BCUT2D eigenvalue weighted by Gasteiger charge is 2.23. The summed E-state index contributed by atoms with van der Waals surface area (Å²) in [6.07, 6.45) is 5.57. The van der Waals surface area contributed by atoms with Crippen LogP contribution in [0.15, 0.2) is 24.3 Å². The van der Waals surface area contributed by atoms with Crippen LogP contribution >= 0.6 is 0 Å². The Labute approximate surface area is 148 Å². The lowest BCUT2D eigenvalue weighted by Gasteiger charge is -2.33. The molecule has 2 heterocycles. The first-order chi connectivity index (χ1) is 12.1. The van der Waals surface area contributed by atoms with Gasteiger partial charge in [0.15, 0.2) is 0 Å². The Morgan fingerprint density at radius 3 is 2.96 bits per heavy atom. The average Bonchev–Trinajstić information content (AvgIpc) is 3.04. The lowest BCUT2D eigenvalue weighted by molar-refractivity contribution is -0.133. The van der Waals surface area contributed by atoms with Gasteiger partial charge in [-0.3, -0.25) is 9.89 Å². The van der Waals surface area contributed by atoms with Crippen molar-refractivity contribution in [2.24, 2.45) is 5.92 Å². The molecule has 3 N–H and O–H groups in total. The number of hydrogen-bond acceptors (Lipinski definition) is 4. The van der Waals surface area contributed by atoms with Crippen molar-refractivity contribution in [3.63, 3.8) is 0 Å². The van der Waals surface area contributed by atoms with E-state index in [1.54, 1.807) is 0 Å². The number of carbonyl (C=O) groups is 1. The van der Waals surface area contributed by atoms with Crippen molar-refractivity contribution in [3.05, 3.63) is 41.2 Å². The number of amides is 1. The largest absolute Gasteiger partial charge is 0.367 e. The summed E-state index contributed by atoms with van der Waals surface area (Å²) in [5.74, 6) is 1.71. The molecule has 1 aromatic carbocycles. The smallest absolute Gasteiger partial charge is 0.239 e. The summed E-state index contributed by atoms with van der Waals surface area (Å²) in [6.45, 7) is 3.92. The van der Waals surface area contributed by atoms with E-state index in [0.717, 1.165) is 32.4 Å². The Morgan fingerprint density at radius 2 is 2.20 bits per heavy atom. The monoisotopic (exact) mass is 341 g/mol. The van der Waals surface area contributed by atoms with Crippen molar-refractivity contribution in [2.45, 2.75) is 45.4 Å². The van der Waals surface area contributed by atoms with Crippen LogP contribution in [0.3, 0.4) is 0 Å². The van der Waals surface area contributed by atoms with E-state index in [2.05, 4.69) is 46.4 Å². The fourth-order valence-corrected chi connectivity index (χ4v) is 3.58. The van der Waals surface area contributed by atoms with Crippen molar-refractivity contribution in [1.29, 1.82) is 0 Å². The minimum atomic E-state index is 0.204. The zero-order valence-electron chi connectivity index (χ0n) is 14.9. The van der Waals surface area contributed by atoms with E-state index in [4.69, 9.17) is 5.73 Å². The molecule has 1 atom stereocenters. The maximum absolute atomic E-state index is 12.5. The third kappa shape index (κ3) is 4.81. The molecule has 0 saturated carbocycles. The molecule has 3 rings (SSSR count). The van der Waals surface area contributed by atoms with Crippen molar-refractivity contribution in [3.8, 4) is 0 Å². The second-order valence-corrected chi connectivity index (χ2v) is 6.95. The molecule has 0 spiro atoms. The Balaban J connectivity index is 1.47. The highest BCUT2D eigenvalue weighted by atomic mass is 16.2. The molecule has 25 heavy (non-hydrogen) atoms. The molecule has 1 fully saturated rings. The SMILES string of the molecule is Cc1ccccc1CC[C@@H]1CCCN(C(=O)CCc2nc(N)n[nH]2)C1. The molecule has 0 radical (unpaired) electrons.